The first-order chi connectivity index (χ1) is 21.9. The highest BCUT2D eigenvalue weighted by Crippen LogP contribution is 2.16. The molecule has 246 valence electrons. The third-order valence-corrected chi connectivity index (χ3v) is 6.61. The molecule has 0 aliphatic carbocycles. The molecule has 0 saturated heterocycles. The molecule has 0 unspecified atom stereocenters. The van der Waals surface area contributed by atoms with Gasteiger partial charge in [-0.1, -0.05) is 86.6 Å². The highest BCUT2D eigenvalue weighted by atomic mass is 16.6. The smallest absolute Gasteiger partial charge is 0.408 e. The zero-order valence-corrected chi connectivity index (χ0v) is 27.2. The van der Waals surface area contributed by atoms with Gasteiger partial charge in [0, 0.05) is 6.42 Å². The average Bonchev–Trinajstić information content (AvgIpc) is 3.01. The Hall–Kier alpha value is -4.86. The summed E-state index contributed by atoms with van der Waals surface area (Å²) < 4.78 is 16.5. The maximum Gasteiger partial charge on any atom is 0.408 e. The van der Waals surface area contributed by atoms with Gasteiger partial charge in [0.25, 0.3) is 0 Å². The number of rotatable bonds is 15. The van der Waals surface area contributed by atoms with Crippen molar-refractivity contribution >= 4 is 23.9 Å². The highest BCUT2D eigenvalue weighted by Gasteiger charge is 2.29. The largest absolute Gasteiger partial charge is 0.489 e. The summed E-state index contributed by atoms with van der Waals surface area (Å²) in [5.41, 5.74) is 1.84. The first-order valence-corrected chi connectivity index (χ1v) is 15.4. The SMILES string of the molecule is CC(C)C[C@@H](NC(=O)[C@H](Cc1ccc(OCc2ccccc2)cc1)NC(=O)OC(C)(C)C)C(=O)NCC(=O)OCc1ccccc1. The van der Waals surface area contributed by atoms with Crippen molar-refractivity contribution in [2.45, 2.75) is 78.4 Å². The molecule has 0 fully saturated rings. The minimum absolute atomic E-state index is 0.0433. The molecule has 3 aromatic rings. The van der Waals surface area contributed by atoms with Crippen molar-refractivity contribution in [3.8, 4) is 5.75 Å². The Morgan fingerprint density at radius 1 is 0.696 bits per heavy atom. The lowest BCUT2D eigenvalue weighted by molar-refractivity contribution is -0.145. The van der Waals surface area contributed by atoms with Crippen LogP contribution in [0.5, 0.6) is 5.75 Å². The second kappa shape index (κ2) is 17.6. The topological polar surface area (TPSA) is 132 Å². The van der Waals surface area contributed by atoms with E-state index in [1.165, 1.54) is 0 Å². The molecule has 0 radical (unpaired) electrons. The van der Waals surface area contributed by atoms with Crippen molar-refractivity contribution in [1.82, 2.24) is 16.0 Å². The summed E-state index contributed by atoms with van der Waals surface area (Å²) in [4.78, 5) is 51.7. The van der Waals surface area contributed by atoms with Crippen LogP contribution in [-0.2, 0) is 43.5 Å². The van der Waals surface area contributed by atoms with Gasteiger partial charge in [0.15, 0.2) is 0 Å². The summed E-state index contributed by atoms with van der Waals surface area (Å²) in [6.45, 7) is 9.15. The molecule has 0 aliphatic heterocycles. The van der Waals surface area contributed by atoms with Gasteiger partial charge >= 0.3 is 12.1 Å². The number of ether oxygens (including phenoxy) is 3. The summed E-state index contributed by atoms with van der Waals surface area (Å²) in [6.07, 6.45) is -0.323. The normalized spacial score (nSPS) is 12.4. The lowest BCUT2D eigenvalue weighted by Crippen LogP contribution is -2.55. The summed E-state index contributed by atoms with van der Waals surface area (Å²) in [6, 6.07) is 24.2. The van der Waals surface area contributed by atoms with Gasteiger partial charge in [-0.05, 0) is 61.9 Å². The maximum atomic E-state index is 13.6. The van der Waals surface area contributed by atoms with Crippen LogP contribution in [0.1, 0.15) is 57.7 Å². The fourth-order valence-electron chi connectivity index (χ4n) is 4.40. The van der Waals surface area contributed by atoms with Crippen molar-refractivity contribution in [1.29, 1.82) is 0 Å². The summed E-state index contributed by atoms with van der Waals surface area (Å²) >= 11 is 0. The quantitative estimate of drug-likeness (QED) is 0.199. The van der Waals surface area contributed by atoms with Gasteiger partial charge in [0.1, 0.15) is 43.2 Å². The van der Waals surface area contributed by atoms with E-state index in [1.807, 2.05) is 86.6 Å². The maximum absolute atomic E-state index is 13.6. The van der Waals surface area contributed by atoms with E-state index in [9.17, 15) is 19.2 Å². The van der Waals surface area contributed by atoms with E-state index >= 15 is 0 Å². The zero-order valence-electron chi connectivity index (χ0n) is 27.2. The molecule has 0 heterocycles. The number of carbonyl (C=O) groups is 4. The molecule has 46 heavy (non-hydrogen) atoms. The molecule has 0 bridgehead atoms. The number of alkyl carbamates (subject to hydrolysis) is 1. The van der Waals surface area contributed by atoms with Crippen molar-refractivity contribution in [3.63, 3.8) is 0 Å². The van der Waals surface area contributed by atoms with Gasteiger partial charge in [-0.15, -0.1) is 0 Å². The van der Waals surface area contributed by atoms with Crippen LogP contribution in [0.15, 0.2) is 84.9 Å². The third-order valence-electron chi connectivity index (χ3n) is 6.61. The van der Waals surface area contributed by atoms with E-state index in [-0.39, 0.29) is 25.5 Å². The first-order valence-electron chi connectivity index (χ1n) is 15.4. The lowest BCUT2D eigenvalue weighted by Gasteiger charge is -2.26. The standard InChI is InChI=1S/C36H45N3O7/c1-25(2)20-30(33(41)37-22-32(40)45-24-28-14-10-7-11-15-28)38-34(42)31(39-35(43)46-36(3,4)5)21-26-16-18-29(19-17-26)44-23-27-12-8-6-9-13-27/h6-19,25,30-31H,20-24H2,1-5H3,(H,37,41)(H,38,42)(H,39,43)/t30-,31+/m1/s1. The number of amides is 3. The van der Waals surface area contributed by atoms with Crippen molar-refractivity contribution in [3.05, 3.63) is 102 Å². The summed E-state index contributed by atoms with van der Waals surface area (Å²) in [5.74, 6) is -1.00. The van der Waals surface area contributed by atoms with Crippen LogP contribution in [0.2, 0.25) is 0 Å². The molecule has 0 aliphatic rings. The molecule has 10 nitrogen and oxygen atoms in total. The molecule has 0 spiro atoms. The van der Waals surface area contributed by atoms with Crippen LogP contribution in [0.25, 0.3) is 0 Å². The second-order valence-electron chi connectivity index (χ2n) is 12.4. The minimum atomic E-state index is -1.05. The molecule has 0 saturated carbocycles. The number of carbonyl (C=O) groups excluding carboxylic acids is 4. The van der Waals surface area contributed by atoms with E-state index in [0.717, 1.165) is 16.7 Å². The van der Waals surface area contributed by atoms with E-state index in [4.69, 9.17) is 14.2 Å². The van der Waals surface area contributed by atoms with Gasteiger partial charge in [0.2, 0.25) is 11.8 Å². The average molecular weight is 632 g/mol. The number of nitrogens with one attached hydrogen (secondary N) is 3. The fraction of sp³-hybridized carbons (Fsp3) is 0.389. The molecule has 3 aromatic carbocycles. The van der Waals surface area contributed by atoms with E-state index in [1.54, 1.807) is 32.9 Å². The molecule has 0 aromatic heterocycles. The number of benzene rings is 3. The van der Waals surface area contributed by atoms with Gasteiger partial charge < -0.3 is 30.2 Å². The number of hydrogen-bond donors (Lipinski definition) is 3. The summed E-state index contributed by atoms with van der Waals surface area (Å²) in [5, 5.41) is 7.99. The molecular formula is C36H45N3O7. The Balaban J connectivity index is 1.65. The van der Waals surface area contributed by atoms with Crippen LogP contribution >= 0.6 is 0 Å². The minimum Gasteiger partial charge on any atom is -0.489 e. The monoisotopic (exact) mass is 631 g/mol. The Labute approximate surface area is 271 Å². The fourth-order valence-corrected chi connectivity index (χ4v) is 4.40. The summed E-state index contributed by atoms with van der Waals surface area (Å²) in [7, 11) is 0. The van der Waals surface area contributed by atoms with Gasteiger partial charge in [-0.25, -0.2) is 4.79 Å². The van der Waals surface area contributed by atoms with E-state index < -0.39 is 41.6 Å². The van der Waals surface area contributed by atoms with E-state index in [0.29, 0.717) is 18.8 Å². The lowest BCUT2D eigenvalue weighted by atomic mass is 10.0. The number of hydrogen-bond acceptors (Lipinski definition) is 7. The molecule has 3 N–H and O–H groups in total. The van der Waals surface area contributed by atoms with Gasteiger partial charge in [0.05, 0.1) is 0 Å². The Kier molecular flexibility index (Phi) is 13.6. The molecular weight excluding hydrogens is 586 g/mol. The van der Waals surface area contributed by atoms with Crippen LogP contribution < -0.4 is 20.7 Å². The highest BCUT2D eigenvalue weighted by molar-refractivity contribution is 5.92. The van der Waals surface area contributed by atoms with Crippen molar-refractivity contribution in [2.24, 2.45) is 5.92 Å². The van der Waals surface area contributed by atoms with Crippen LogP contribution in [-0.4, -0.2) is 48.1 Å². The van der Waals surface area contributed by atoms with Crippen molar-refractivity contribution in [2.75, 3.05) is 6.54 Å². The molecule has 10 heteroatoms. The van der Waals surface area contributed by atoms with Crippen LogP contribution in [0.4, 0.5) is 4.79 Å². The van der Waals surface area contributed by atoms with Crippen LogP contribution in [0, 0.1) is 5.92 Å². The molecule has 3 amide bonds. The zero-order chi connectivity index (χ0) is 33.5. The molecule has 3 rings (SSSR count). The van der Waals surface area contributed by atoms with Crippen LogP contribution in [0.3, 0.4) is 0 Å². The predicted molar refractivity (Wildman–Crippen MR) is 175 cm³/mol. The van der Waals surface area contributed by atoms with E-state index in [2.05, 4.69) is 16.0 Å². The second-order valence-corrected chi connectivity index (χ2v) is 12.4. The molecule has 2 atom stereocenters. The first kappa shape index (κ1) is 35.6. The number of esters is 1. The van der Waals surface area contributed by atoms with Crippen molar-refractivity contribution < 1.29 is 33.4 Å². The Bertz CT molecular complexity index is 1410. The predicted octanol–water partition coefficient (Wildman–Crippen LogP) is 5.09. The third kappa shape index (κ3) is 13.4. The Morgan fingerprint density at radius 3 is 1.85 bits per heavy atom. The Morgan fingerprint density at radius 2 is 1.28 bits per heavy atom. The van der Waals surface area contributed by atoms with Gasteiger partial charge in [-0.2, -0.15) is 0 Å². The van der Waals surface area contributed by atoms with Gasteiger partial charge in [-0.3, -0.25) is 14.4 Å².